The second kappa shape index (κ2) is 8.89. The molecule has 1 aliphatic rings. The van der Waals surface area contributed by atoms with Crippen LogP contribution >= 0.6 is 23.2 Å². The molecule has 1 aliphatic heterocycles. The fourth-order valence-corrected chi connectivity index (χ4v) is 4.20. The minimum absolute atomic E-state index is 0.0505. The Morgan fingerprint density at radius 2 is 1.76 bits per heavy atom. The molecule has 0 bridgehead atoms. The minimum atomic E-state index is -1.22. The molecule has 5 nitrogen and oxygen atoms in total. The number of rotatable bonds is 4. The van der Waals surface area contributed by atoms with Crippen molar-refractivity contribution in [2.24, 2.45) is 0 Å². The molecule has 1 fully saturated rings. The molecule has 0 saturated carbocycles. The number of hydrogen-bond donors (Lipinski definition) is 1. The highest BCUT2D eigenvalue weighted by Gasteiger charge is 2.48. The number of Topliss-reactive ketones (excluding diaryl/α,β-unsaturated/α-hetero) is 1. The number of amides is 1. The number of benzene rings is 3. The predicted octanol–water partition coefficient (Wildman–Crippen LogP) is 6.08. The maximum atomic E-state index is 14.9. The molecular weight excluding hydrogens is 468 g/mol. The van der Waals surface area contributed by atoms with Crippen molar-refractivity contribution in [3.05, 3.63) is 98.8 Å². The lowest BCUT2D eigenvalue weighted by atomic mass is 9.94. The maximum Gasteiger partial charge on any atom is 0.300 e. The number of aryl methyl sites for hydroxylation is 1. The van der Waals surface area contributed by atoms with Gasteiger partial charge in [-0.25, -0.2) is 4.39 Å². The van der Waals surface area contributed by atoms with Gasteiger partial charge in [-0.1, -0.05) is 41.4 Å². The standard InChI is InChI=1S/C25H18Cl2FNO4/c1-13-11-14(7-10-20(13)33-2)23(30)21-22(16-5-3-4-6-19(16)28)29(25(32)24(21)31)15-8-9-17(26)18(27)12-15/h3-12,22,30H,1-2H3/b23-21+. The highest BCUT2D eigenvalue weighted by atomic mass is 35.5. The quantitative estimate of drug-likeness (QED) is 0.276. The molecular formula is C25H18Cl2FNO4. The predicted molar refractivity (Wildman–Crippen MR) is 125 cm³/mol. The fourth-order valence-electron chi connectivity index (χ4n) is 3.91. The third-order valence-corrected chi connectivity index (χ3v) is 6.23. The van der Waals surface area contributed by atoms with E-state index in [2.05, 4.69) is 0 Å². The monoisotopic (exact) mass is 485 g/mol. The van der Waals surface area contributed by atoms with Gasteiger partial charge in [-0.15, -0.1) is 0 Å². The summed E-state index contributed by atoms with van der Waals surface area (Å²) in [7, 11) is 1.52. The van der Waals surface area contributed by atoms with Crippen LogP contribution in [0.4, 0.5) is 10.1 Å². The van der Waals surface area contributed by atoms with E-state index in [4.69, 9.17) is 27.9 Å². The smallest absolute Gasteiger partial charge is 0.300 e. The summed E-state index contributed by atoms with van der Waals surface area (Å²) in [5.74, 6) is -2.33. The maximum absolute atomic E-state index is 14.9. The van der Waals surface area contributed by atoms with Crippen molar-refractivity contribution in [1.82, 2.24) is 0 Å². The Morgan fingerprint density at radius 3 is 2.39 bits per heavy atom. The third kappa shape index (κ3) is 3.96. The van der Waals surface area contributed by atoms with E-state index in [0.29, 0.717) is 16.9 Å². The number of methoxy groups -OCH3 is 1. The first-order chi connectivity index (χ1) is 15.7. The van der Waals surface area contributed by atoms with E-state index >= 15 is 0 Å². The average molecular weight is 486 g/mol. The average Bonchev–Trinajstić information content (AvgIpc) is 3.06. The van der Waals surface area contributed by atoms with E-state index in [1.807, 2.05) is 0 Å². The van der Waals surface area contributed by atoms with Gasteiger partial charge in [-0.2, -0.15) is 0 Å². The van der Waals surface area contributed by atoms with Crippen LogP contribution in [0.2, 0.25) is 10.0 Å². The van der Waals surface area contributed by atoms with E-state index in [0.717, 1.165) is 4.90 Å². The van der Waals surface area contributed by atoms with Crippen molar-refractivity contribution in [2.45, 2.75) is 13.0 Å². The second-order valence-corrected chi connectivity index (χ2v) is 8.29. The lowest BCUT2D eigenvalue weighted by Crippen LogP contribution is -2.29. The third-order valence-electron chi connectivity index (χ3n) is 5.49. The van der Waals surface area contributed by atoms with E-state index in [-0.39, 0.29) is 26.9 Å². The van der Waals surface area contributed by atoms with Crippen LogP contribution in [0.3, 0.4) is 0 Å². The summed E-state index contributed by atoms with van der Waals surface area (Å²) in [6, 6.07) is 13.8. The van der Waals surface area contributed by atoms with Crippen LogP contribution in [0.5, 0.6) is 5.75 Å². The van der Waals surface area contributed by atoms with Crippen LogP contribution in [0.15, 0.2) is 66.2 Å². The molecule has 168 valence electrons. The van der Waals surface area contributed by atoms with Crippen LogP contribution in [-0.4, -0.2) is 23.9 Å². The van der Waals surface area contributed by atoms with Crippen molar-refractivity contribution in [3.63, 3.8) is 0 Å². The summed E-state index contributed by atoms with van der Waals surface area (Å²) in [6.45, 7) is 1.78. The largest absolute Gasteiger partial charge is 0.507 e. The first kappa shape index (κ1) is 22.8. The first-order valence-corrected chi connectivity index (χ1v) is 10.7. The van der Waals surface area contributed by atoms with E-state index in [1.165, 1.54) is 43.5 Å². The van der Waals surface area contributed by atoms with Gasteiger partial charge in [0.15, 0.2) is 0 Å². The Labute approximate surface area is 199 Å². The number of aliphatic hydroxyl groups is 1. The summed E-state index contributed by atoms with van der Waals surface area (Å²) >= 11 is 12.1. The number of aliphatic hydroxyl groups excluding tert-OH is 1. The van der Waals surface area contributed by atoms with Crippen LogP contribution in [-0.2, 0) is 9.59 Å². The highest BCUT2D eigenvalue weighted by molar-refractivity contribution is 6.52. The van der Waals surface area contributed by atoms with Crippen molar-refractivity contribution in [2.75, 3.05) is 12.0 Å². The highest BCUT2D eigenvalue weighted by Crippen LogP contribution is 2.44. The van der Waals surface area contributed by atoms with E-state index in [9.17, 15) is 19.1 Å². The van der Waals surface area contributed by atoms with Crippen LogP contribution < -0.4 is 9.64 Å². The first-order valence-electron chi connectivity index (χ1n) is 9.90. The number of anilines is 1. The molecule has 0 aliphatic carbocycles. The Hall–Kier alpha value is -3.35. The second-order valence-electron chi connectivity index (χ2n) is 7.47. The Bertz CT molecular complexity index is 1320. The fraction of sp³-hybridized carbons (Fsp3) is 0.120. The number of ketones is 1. The van der Waals surface area contributed by atoms with Gasteiger partial charge in [0.2, 0.25) is 0 Å². The molecule has 3 aromatic carbocycles. The molecule has 1 atom stereocenters. The Morgan fingerprint density at radius 1 is 1.03 bits per heavy atom. The van der Waals surface area contributed by atoms with Crippen molar-refractivity contribution in [3.8, 4) is 5.75 Å². The van der Waals surface area contributed by atoms with Crippen LogP contribution in [0, 0.1) is 12.7 Å². The van der Waals surface area contributed by atoms with Gasteiger partial charge in [0.1, 0.15) is 17.3 Å². The number of carbonyl (C=O) groups is 2. The molecule has 33 heavy (non-hydrogen) atoms. The molecule has 3 aromatic rings. The summed E-state index contributed by atoms with van der Waals surface area (Å²) in [6.07, 6.45) is 0. The molecule has 1 unspecified atom stereocenters. The lowest BCUT2D eigenvalue weighted by Gasteiger charge is -2.26. The van der Waals surface area contributed by atoms with E-state index < -0.39 is 29.3 Å². The Balaban J connectivity index is 1.97. The lowest BCUT2D eigenvalue weighted by molar-refractivity contribution is -0.132. The summed E-state index contributed by atoms with van der Waals surface area (Å²) in [5.41, 5.74) is 1.06. The van der Waals surface area contributed by atoms with Crippen molar-refractivity contribution in [1.29, 1.82) is 0 Å². The molecule has 1 amide bonds. The van der Waals surface area contributed by atoms with Gasteiger partial charge in [0.25, 0.3) is 11.7 Å². The van der Waals surface area contributed by atoms with Gasteiger partial charge in [0, 0.05) is 16.8 Å². The van der Waals surface area contributed by atoms with Gasteiger partial charge in [-0.3, -0.25) is 14.5 Å². The van der Waals surface area contributed by atoms with Gasteiger partial charge >= 0.3 is 0 Å². The summed E-state index contributed by atoms with van der Waals surface area (Å²) < 4.78 is 20.2. The SMILES string of the molecule is COc1ccc(/C(O)=C2\C(=O)C(=O)N(c3ccc(Cl)c(Cl)c3)C2c2ccccc2F)cc1C. The molecule has 1 N–H and O–H groups in total. The zero-order chi connectivity index (χ0) is 23.9. The summed E-state index contributed by atoms with van der Waals surface area (Å²) in [4.78, 5) is 27.4. The number of carbonyl (C=O) groups excluding carboxylic acids is 2. The Kier molecular flexibility index (Phi) is 6.15. The van der Waals surface area contributed by atoms with Crippen molar-refractivity contribution >= 4 is 46.3 Å². The minimum Gasteiger partial charge on any atom is -0.507 e. The zero-order valence-corrected chi connectivity index (χ0v) is 19.1. The van der Waals surface area contributed by atoms with Gasteiger partial charge < -0.3 is 9.84 Å². The molecule has 0 aromatic heterocycles. The van der Waals surface area contributed by atoms with Crippen molar-refractivity contribution < 1.29 is 23.8 Å². The van der Waals surface area contributed by atoms with E-state index in [1.54, 1.807) is 31.2 Å². The number of hydrogen-bond acceptors (Lipinski definition) is 4. The number of nitrogens with zero attached hydrogens (tertiary/aromatic N) is 1. The zero-order valence-electron chi connectivity index (χ0n) is 17.6. The molecule has 0 radical (unpaired) electrons. The summed E-state index contributed by atoms with van der Waals surface area (Å²) in [5, 5.41) is 11.6. The number of ether oxygens (including phenoxy) is 1. The van der Waals surface area contributed by atoms with Crippen LogP contribution in [0.1, 0.15) is 22.7 Å². The molecule has 1 heterocycles. The number of halogens is 3. The molecule has 1 saturated heterocycles. The van der Waals surface area contributed by atoms with Gasteiger partial charge in [0.05, 0.1) is 28.8 Å². The van der Waals surface area contributed by atoms with Crippen LogP contribution in [0.25, 0.3) is 5.76 Å². The molecule has 0 spiro atoms. The topological polar surface area (TPSA) is 66.8 Å². The van der Waals surface area contributed by atoms with Gasteiger partial charge in [-0.05, 0) is 55.0 Å². The molecule has 4 rings (SSSR count). The molecule has 8 heteroatoms. The normalized spacial score (nSPS) is 17.5.